The zero-order valence-corrected chi connectivity index (χ0v) is 9.89. The van der Waals surface area contributed by atoms with E-state index in [1.807, 2.05) is 21.1 Å². The molecule has 3 N–H and O–H groups in total. The Hall–Kier alpha value is -1.90. The molecule has 0 radical (unpaired) electrons. The van der Waals surface area contributed by atoms with Crippen molar-refractivity contribution in [1.82, 2.24) is 0 Å². The molecule has 0 aliphatic heterocycles. The average molecular weight is 215 g/mol. The van der Waals surface area contributed by atoms with E-state index in [0.29, 0.717) is 0 Å². The van der Waals surface area contributed by atoms with Crippen molar-refractivity contribution in [3.05, 3.63) is 30.3 Å². The summed E-state index contributed by atoms with van der Waals surface area (Å²) in [6.07, 6.45) is 0. The van der Waals surface area contributed by atoms with Crippen LogP contribution in [0.1, 0.15) is 0 Å². The molecule has 0 aromatic heterocycles. The Balaban J connectivity index is 2.83. The highest BCUT2D eigenvalue weighted by molar-refractivity contribution is 6.07. The largest absolute Gasteiger partial charge is 0.388 e. The van der Waals surface area contributed by atoms with Gasteiger partial charge in [0, 0.05) is 32.2 Å². The molecule has 0 amide bonds. The third-order valence-electron chi connectivity index (χ3n) is 2.83. The van der Waals surface area contributed by atoms with Gasteiger partial charge in [0.2, 0.25) is 0 Å². The number of hydrogen-bond acceptors (Lipinski definition) is 3. The maximum atomic E-state index is 3.26. The highest BCUT2D eigenvalue weighted by Gasteiger charge is 2.08. The minimum atomic E-state index is 1.11. The van der Waals surface area contributed by atoms with Crippen molar-refractivity contribution in [3.8, 4) is 0 Å². The summed E-state index contributed by atoms with van der Waals surface area (Å²) in [5.41, 5.74) is 3.38. The lowest BCUT2D eigenvalue weighted by Crippen LogP contribution is -1.99. The first-order chi connectivity index (χ1) is 7.81. The zero-order valence-electron chi connectivity index (χ0n) is 9.89. The summed E-state index contributed by atoms with van der Waals surface area (Å²) in [6.45, 7) is 0. The van der Waals surface area contributed by atoms with Crippen LogP contribution in [0.25, 0.3) is 10.8 Å². The molecule has 84 valence electrons. The summed E-state index contributed by atoms with van der Waals surface area (Å²) in [5, 5.41) is 12.1. The smallest absolute Gasteiger partial charge is 0.0673 e. The van der Waals surface area contributed by atoms with Crippen LogP contribution in [0.4, 0.5) is 17.1 Å². The molecule has 0 unspecified atom stereocenters. The van der Waals surface area contributed by atoms with Gasteiger partial charge in [-0.3, -0.25) is 0 Å². The van der Waals surface area contributed by atoms with Gasteiger partial charge >= 0.3 is 0 Å². The van der Waals surface area contributed by atoms with E-state index in [9.17, 15) is 0 Å². The quantitative estimate of drug-likeness (QED) is 0.736. The van der Waals surface area contributed by atoms with Gasteiger partial charge in [-0.05, 0) is 17.5 Å². The van der Waals surface area contributed by atoms with Crippen LogP contribution in [0, 0.1) is 0 Å². The molecule has 2 aromatic rings. The molecular weight excluding hydrogens is 198 g/mol. The van der Waals surface area contributed by atoms with Gasteiger partial charge in [0.15, 0.2) is 0 Å². The SMILES string of the molecule is CNc1ccc2cccc(NC)c2c1NC. The lowest BCUT2D eigenvalue weighted by Gasteiger charge is -2.15. The lowest BCUT2D eigenvalue weighted by molar-refractivity contribution is 1.46. The molecule has 0 spiro atoms. The van der Waals surface area contributed by atoms with Crippen molar-refractivity contribution in [1.29, 1.82) is 0 Å². The van der Waals surface area contributed by atoms with Gasteiger partial charge in [-0.25, -0.2) is 0 Å². The van der Waals surface area contributed by atoms with Crippen molar-refractivity contribution in [3.63, 3.8) is 0 Å². The summed E-state index contributed by atoms with van der Waals surface area (Å²) in [7, 11) is 5.83. The van der Waals surface area contributed by atoms with E-state index in [2.05, 4.69) is 46.3 Å². The molecule has 16 heavy (non-hydrogen) atoms. The van der Waals surface area contributed by atoms with E-state index in [0.717, 1.165) is 17.1 Å². The zero-order chi connectivity index (χ0) is 11.5. The number of benzene rings is 2. The molecule has 0 aliphatic rings. The Morgan fingerprint density at radius 2 is 1.50 bits per heavy atom. The molecule has 2 rings (SSSR count). The van der Waals surface area contributed by atoms with E-state index in [-0.39, 0.29) is 0 Å². The minimum Gasteiger partial charge on any atom is -0.388 e. The van der Waals surface area contributed by atoms with Crippen molar-refractivity contribution >= 4 is 27.8 Å². The van der Waals surface area contributed by atoms with Gasteiger partial charge in [-0.2, -0.15) is 0 Å². The molecule has 3 nitrogen and oxygen atoms in total. The van der Waals surface area contributed by atoms with Gasteiger partial charge in [-0.1, -0.05) is 18.2 Å². The van der Waals surface area contributed by atoms with Crippen LogP contribution in [0.5, 0.6) is 0 Å². The number of hydrogen-bond donors (Lipinski definition) is 3. The van der Waals surface area contributed by atoms with E-state index in [1.54, 1.807) is 0 Å². The second kappa shape index (κ2) is 4.31. The van der Waals surface area contributed by atoms with Gasteiger partial charge < -0.3 is 16.0 Å². The normalized spacial score (nSPS) is 10.2. The fourth-order valence-electron chi connectivity index (χ4n) is 2.06. The third kappa shape index (κ3) is 1.54. The van der Waals surface area contributed by atoms with E-state index in [4.69, 9.17) is 0 Å². The van der Waals surface area contributed by atoms with Crippen molar-refractivity contribution in [2.24, 2.45) is 0 Å². The summed E-state index contributed by atoms with van der Waals surface area (Å²) in [5.74, 6) is 0. The molecule has 0 heterocycles. The van der Waals surface area contributed by atoms with Gasteiger partial charge in [0.05, 0.1) is 11.4 Å². The average Bonchev–Trinajstić information content (AvgIpc) is 2.36. The first kappa shape index (κ1) is 10.6. The second-order valence-electron chi connectivity index (χ2n) is 3.64. The Labute approximate surface area is 95.9 Å². The van der Waals surface area contributed by atoms with Gasteiger partial charge in [0.1, 0.15) is 0 Å². The first-order valence-corrected chi connectivity index (χ1v) is 5.40. The Morgan fingerprint density at radius 1 is 0.750 bits per heavy atom. The Morgan fingerprint density at radius 3 is 2.12 bits per heavy atom. The molecular formula is C13H17N3. The van der Waals surface area contributed by atoms with Gasteiger partial charge in [-0.15, -0.1) is 0 Å². The summed E-state index contributed by atoms with van der Waals surface area (Å²) >= 11 is 0. The second-order valence-corrected chi connectivity index (χ2v) is 3.64. The van der Waals surface area contributed by atoms with E-state index >= 15 is 0 Å². The van der Waals surface area contributed by atoms with E-state index in [1.165, 1.54) is 10.8 Å². The third-order valence-corrected chi connectivity index (χ3v) is 2.83. The van der Waals surface area contributed by atoms with Crippen molar-refractivity contribution in [2.75, 3.05) is 37.1 Å². The topological polar surface area (TPSA) is 36.1 Å². The monoisotopic (exact) mass is 215 g/mol. The predicted molar refractivity (Wildman–Crippen MR) is 72.6 cm³/mol. The molecule has 3 heteroatoms. The summed E-state index contributed by atoms with van der Waals surface area (Å²) < 4.78 is 0. The fraction of sp³-hybridized carbons (Fsp3) is 0.231. The number of nitrogens with one attached hydrogen (secondary N) is 3. The lowest BCUT2D eigenvalue weighted by atomic mass is 10.1. The first-order valence-electron chi connectivity index (χ1n) is 5.40. The number of rotatable bonds is 3. The molecule has 0 bridgehead atoms. The summed E-state index contributed by atoms with van der Waals surface area (Å²) in [4.78, 5) is 0. The number of fused-ring (bicyclic) bond motifs is 1. The highest BCUT2D eigenvalue weighted by atomic mass is 14.9. The van der Waals surface area contributed by atoms with Crippen LogP contribution in [0.2, 0.25) is 0 Å². The van der Waals surface area contributed by atoms with Crippen LogP contribution < -0.4 is 16.0 Å². The Kier molecular flexibility index (Phi) is 2.86. The molecule has 0 fully saturated rings. The maximum absolute atomic E-state index is 3.26. The van der Waals surface area contributed by atoms with Gasteiger partial charge in [0.25, 0.3) is 0 Å². The molecule has 0 aliphatic carbocycles. The van der Waals surface area contributed by atoms with Crippen molar-refractivity contribution in [2.45, 2.75) is 0 Å². The van der Waals surface area contributed by atoms with Crippen LogP contribution in [-0.4, -0.2) is 21.1 Å². The van der Waals surface area contributed by atoms with Crippen LogP contribution >= 0.6 is 0 Å². The summed E-state index contributed by atoms with van der Waals surface area (Å²) in [6, 6.07) is 10.5. The molecule has 0 saturated heterocycles. The standard InChI is InChI=1S/C13H17N3/c1-14-10-6-4-5-9-7-8-11(15-2)13(16-3)12(9)10/h4-8,14-16H,1-3H3. The maximum Gasteiger partial charge on any atom is 0.0673 e. The van der Waals surface area contributed by atoms with Crippen LogP contribution in [-0.2, 0) is 0 Å². The molecule has 2 aromatic carbocycles. The minimum absolute atomic E-state index is 1.11. The van der Waals surface area contributed by atoms with Crippen LogP contribution in [0.3, 0.4) is 0 Å². The molecule has 0 saturated carbocycles. The predicted octanol–water partition coefficient (Wildman–Crippen LogP) is 2.96. The van der Waals surface area contributed by atoms with Crippen molar-refractivity contribution < 1.29 is 0 Å². The Bertz CT molecular complexity index is 506. The number of anilines is 3. The van der Waals surface area contributed by atoms with E-state index < -0.39 is 0 Å². The highest BCUT2D eigenvalue weighted by Crippen LogP contribution is 2.35. The molecule has 0 atom stereocenters. The fourth-order valence-corrected chi connectivity index (χ4v) is 2.06. The van der Waals surface area contributed by atoms with Crippen LogP contribution in [0.15, 0.2) is 30.3 Å².